The number of hydrogen-bond acceptors (Lipinski definition) is 5. The molecule has 0 saturated heterocycles. The Balaban J connectivity index is 2.13. The highest BCUT2D eigenvalue weighted by atomic mass is 32.2. The third kappa shape index (κ3) is 3.54. The number of nitrogens with one attached hydrogen (secondary N) is 1. The molecule has 25 heavy (non-hydrogen) atoms. The molecular formula is C17H14N2O5S. The summed E-state index contributed by atoms with van der Waals surface area (Å²) in [5.41, 5.74) is 6.48. The second-order valence-electron chi connectivity index (χ2n) is 5.43. The second-order valence-corrected chi connectivity index (χ2v) is 6.85. The van der Waals surface area contributed by atoms with Crippen LogP contribution in [-0.2, 0) is 10.1 Å². The van der Waals surface area contributed by atoms with Crippen molar-refractivity contribution in [2.24, 2.45) is 0 Å². The Morgan fingerprint density at radius 2 is 1.80 bits per heavy atom. The van der Waals surface area contributed by atoms with Crippen molar-refractivity contribution in [2.75, 3.05) is 11.1 Å². The average molecular weight is 358 g/mol. The Morgan fingerprint density at radius 3 is 2.48 bits per heavy atom. The summed E-state index contributed by atoms with van der Waals surface area (Å²) in [7, 11) is -4.47. The number of amides is 1. The van der Waals surface area contributed by atoms with E-state index < -0.39 is 16.0 Å². The molecule has 3 rings (SSSR count). The van der Waals surface area contributed by atoms with Gasteiger partial charge in [-0.3, -0.25) is 9.35 Å². The number of phenols is 1. The fourth-order valence-corrected chi connectivity index (χ4v) is 2.99. The molecule has 3 aromatic carbocycles. The molecule has 0 radical (unpaired) electrons. The average Bonchev–Trinajstić information content (AvgIpc) is 2.54. The Morgan fingerprint density at radius 1 is 1.04 bits per heavy atom. The van der Waals surface area contributed by atoms with E-state index in [2.05, 4.69) is 5.32 Å². The standard InChI is InChI=1S/C17H14N2O5S/c18-12-3-1-2-11(6-12)17(21)19-16-9-14(25(22,23)24)7-10-4-5-13(20)8-15(10)16/h1-9,20H,18H2,(H,19,21)(H,22,23,24). The number of nitrogens with two attached hydrogens (primary N) is 1. The van der Waals surface area contributed by atoms with Crippen LogP contribution < -0.4 is 11.1 Å². The number of rotatable bonds is 3. The van der Waals surface area contributed by atoms with Gasteiger partial charge in [0.2, 0.25) is 0 Å². The first-order chi connectivity index (χ1) is 11.7. The zero-order valence-electron chi connectivity index (χ0n) is 12.8. The highest BCUT2D eigenvalue weighted by molar-refractivity contribution is 7.85. The molecule has 7 nitrogen and oxygen atoms in total. The lowest BCUT2D eigenvalue weighted by Gasteiger charge is -2.11. The molecule has 0 aromatic heterocycles. The number of hydrogen-bond donors (Lipinski definition) is 4. The number of carbonyl (C=O) groups is 1. The summed E-state index contributed by atoms with van der Waals surface area (Å²) in [6, 6.07) is 12.9. The summed E-state index contributed by atoms with van der Waals surface area (Å²) in [5, 5.41) is 13.1. The number of aromatic hydroxyl groups is 1. The lowest BCUT2D eigenvalue weighted by molar-refractivity contribution is 0.102. The van der Waals surface area contributed by atoms with E-state index >= 15 is 0 Å². The number of carbonyl (C=O) groups excluding carboxylic acids is 1. The van der Waals surface area contributed by atoms with E-state index in [1.54, 1.807) is 18.2 Å². The minimum atomic E-state index is -4.47. The maximum atomic E-state index is 12.4. The molecule has 0 aliphatic heterocycles. The lowest BCUT2D eigenvalue weighted by atomic mass is 10.1. The fourth-order valence-electron chi connectivity index (χ4n) is 2.45. The van der Waals surface area contributed by atoms with Gasteiger partial charge in [0.1, 0.15) is 5.75 Å². The second kappa shape index (κ2) is 6.08. The summed E-state index contributed by atoms with van der Waals surface area (Å²) in [5.74, 6) is -0.559. The van der Waals surface area contributed by atoms with Crippen LogP contribution in [0.15, 0.2) is 59.5 Å². The van der Waals surface area contributed by atoms with Crippen LogP contribution in [0.3, 0.4) is 0 Å². The number of nitrogen functional groups attached to an aromatic ring is 1. The molecule has 0 saturated carbocycles. The highest BCUT2D eigenvalue weighted by Crippen LogP contribution is 2.31. The van der Waals surface area contributed by atoms with E-state index in [0.717, 1.165) is 6.07 Å². The Hall–Kier alpha value is -3.10. The molecule has 128 valence electrons. The molecule has 0 fully saturated rings. The van der Waals surface area contributed by atoms with E-state index in [-0.39, 0.29) is 21.9 Å². The maximum Gasteiger partial charge on any atom is 0.294 e. The van der Waals surface area contributed by atoms with Gasteiger partial charge in [-0.15, -0.1) is 0 Å². The van der Waals surface area contributed by atoms with Gasteiger partial charge in [-0.25, -0.2) is 0 Å². The van der Waals surface area contributed by atoms with Crippen molar-refractivity contribution < 1.29 is 22.9 Å². The highest BCUT2D eigenvalue weighted by Gasteiger charge is 2.16. The summed E-state index contributed by atoms with van der Waals surface area (Å²) < 4.78 is 32.3. The topological polar surface area (TPSA) is 130 Å². The number of phenolic OH excluding ortho intramolecular Hbond substituents is 1. The fraction of sp³-hybridized carbons (Fsp3) is 0. The van der Waals surface area contributed by atoms with Crippen LogP contribution in [0, 0.1) is 0 Å². The Labute approximate surface area is 143 Å². The van der Waals surface area contributed by atoms with E-state index in [0.29, 0.717) is 16.5 Å². The van der Waals surface area contributed by atoms with Crippen molar-refractivity contribution in [1.82, 2.24) is 0 Å². The normalized spacial score (nSPS) is 11.4. The zero-order chi connectivity index (χ0) is 18.2. The van der Waals surface area contributed by atoms with Gasteiger partial charge < -0.3 is 16.2 Å². The van der Waals surface area contributed by atoms with Gasteiger partial charge in [0.15, 0.2) is 0 Å². The van der Waals surface area contributed by atoms with Crippen molar-refractivity contribution in [1.29, 1.82) is 0 Å². The van der Waals surface area contributed by atoms with Crippen LogP contribution in [0.25, 0.3) is 10.8 Å². The van der Waals surface area contributed by atoms with Crippen molar-refractivity contribution >= 4 is 38.2 Å². The first kappa shape index (κ1) is 16.7. The van der Waals surface area contributed by atoms with Crippen LogP contribution in [0.4, 0.5) is 11.4 Å². The lowest BCUT2D eigenvalue weighted by Crippen LogP contribution is -2.13. The number of benzene rings is 3. The summed E-state index contributed by atoms with van der Waals surface area (Å²) in [6.45, 7) is 0. The van der Waals surface area contributed by atoms with Crippen molar-refractivity contribution in [2.45, 2.75) is 4.90 Å². The van der Waals surface area contributed by atoms with Crippen LogP contribution in [0.2, 0.25) is 0 Å². The minimum absolute atomic E-state index is 0.0495. The van der Waals surface area contributed by atoms with Gasteiger partial charge >= 0.3 is 0 Å². The summed E-state index contributed by atoms with van der Waals surface area (Å²) in [4.78, 5) is 12.0. The van der Waals surface area contributed by atoms with E-state index in [1.807, 2.05) is 0 Å². The third-order valence-electron chi connectivity index (χ3n) is 3.61. The molecular weight excluding hydrogens is 344 g/mol. The van der Waals surface area contributed by atoms with Crippen LogP contribution >= 0.6 is 0 Å². The maximum absolute atomic E-state index is 12.4. The molecule has 0 atom stereocenters. The largest absolute Gasteiger partial charge is 0.508 e. The van der Waals surface area contributed by atoms with E-state index in [4.69, 9.17) is 5.73 Å². The molecule has 0 bridgehead atoms. The summed E-state index contributed by atoms with van der Waals surface area (Å²) in [6.07, 6.45) is 0. The first-order valence-electron chi connectivity index (χ1n) is 7.15. The van der Waals surface area contributed by atoms with Crippen molar-refractivity contribution in [3.63, 3.8) is 0 Å². The molecule has 3 aromatic rings. The van der Waals surface area contributed by atoms with Crippen molar-refractivity contribution in [3.8, 4) is 5.75 Å². The minimum Gasteiger partial charge on any atom is -0.508 e. The van der Waals surface area contributed by atoms with Crippen molar-refractivity contribution in [3.05, 3.63) is 60.2 Å². The van der Waals surface area contributed by atoms with E-state index in [1.165, 1.54) is 30.3 Å². The molecule has 0 heterocycles. The van der Waals surface area contributed by atoms with Crippen LogP contribution in [0.5, 0.6) is 5.75 Å². The molecule has 1 amide bonds. The number of anilines is 2. The SMILES string of the molecule is Nc1cccc(C(=O)Nc2cc(S(=O)(=O)O)cc3ccc(O)cc23)c1. The molecule has 0 aliphatic carbocycles. The number of fused-ring (bicyclic) bond motifs is 1. The van der Waals surface area contributed by atoms with Gasteiger partial charge in [0.25, 0.3) is 16.0 Å². The van der Waals surface area contributed by atoms with Gasteiger partial charge in [-0.1, -0.05) is 12.1 Å². The van der Waals surface area contributed by atoms with Crippen LogP contribution in [0.1, 0.15) is 10.4 Å². The smallest absolute Gasteiger partial charge is 0.294 e. The summed E-state index contributed by atoms with van der Waals surface area (Å²) >= 11 is 0. The Bertz CT molecular complexity index is 1090. The molecule has 8 heteroatoms. The third-order valence-corrected chi connectivity index (χ3v) is 4.44. The zero-order valence-corrected chi connectivity index (χ0v) is 13.6. The first-order valence-corrected chi connectivity index (χ1v) is 8.59. The predicted molar refractivity (Wildman–Crippen MR) is 94.2 cm³/mol. The predicted octanol–water partition coefficient (Wildman–Crippen LogP) is 2.63. The molecule has 0 unspecified atom stereocenters. The molecule has 5 N–H and O–H groups in total. The van der Waals surface area contributed by atoms with Gasteiger partial charge in [0.05, 0.1) is 10.6 Å². The Kier molecular flexibility index (Phi) is 4.07. The molecule has 0 aliphatic rings. The van der Waals surface area contributed by atoms with Gasteiger partial charge in [-0.05, 0) is 47.9 Å². The monoisotopic (exact) mass is 358 g/mol. The van der Waals surface area contributed by atoms with Gasteiger partial charge in [-0.2, -0.15) is 8.42 Å². The van der Waals surface area contributed by atoms with E-state index in [9.17, 15) is 22.9 Å². The quantitative estimate of drug-likeness (QED) is 0.421. The molecule has 0 spiro atoms. The van der Waals surface area contributed by atoms with Gasteiger partial charge in [0, 0.05) is 16.6 Å². The van der Waals surface area contributed by atoms with Crippen LogP contribution in [-0.4, -0.2) is 24.0 Å².